The number of aromatic nitrogens is 4. The van der Waals surface area contributed by atoms with Crippen molar-refractivity contribution in [1.82, 2.24) is 29.4 Å². The van der Waals surface area contributed by atoms with Gasteiger partial charge in [-0.25, -0.2) is 9.50 Å². The molecule has 8 nitrogen and oxygen atoms in total. The second-order valence-corrected chi connectivity index (χ2v) is 8.45. The number of carbonyl (C=O) groups is 1. The van der Waals surface area contributed by atoms with Crippen molar-refractivity contribution in [3.8, 4) is 6.07 Å². The number of aryl methyl sites for hydroxylation is 2. The number of benzene rings is 1. The van der Waals surface area contributed by atoms with E-state index in [4.69, 9.17) is 0 Å². The number of amides is 1. The summed E-state index contributed by atoms with van der Waals surface area (Å²) in [7, 11) is 3.97. The van der Waals surface area contributed by atoms with E-state index in [1.165, 1.54) is 11.8 Å². The lowest BCUT2D eigenvalue weighted by atomic mass is 10.1. The number of rotatable bonds is 8. The Kier molecular flexibility index (Phi) is 7.25. The van der Waals surface area contributed by atoms with Crippen molar-refractivity contribution < 1.29 is 4.79 Å². The first kappa shape index (κ1) is 22.7. The van der Waals surface area contributed by atoms with Crippen molar-refractivity contribution in [2.75, 3.05) is 33.4 Å². The molecule has 2 aromatic heterocycles. The smallest absolute Gasteiger partial charge is 0.253 e. The Morgan fingerprint density at radius 1 is 1.23 bits per heavy atom. The van der Waals surface area contributed by atoms with Crippen LogP contribution < -0.4 is 0 Å². The molecule has 0 aliphatic carbocycles. The lowest BCUT2D eigenvalue weighted by molar-refractivity contribution is -0.131. The average Bonchev–Trinajstić information content (AvgIpc) is 3.17. The molecule has 3 rings (SSSR count). The zero-order chi connectivity index (χ0) is 22.5. The molecule has 31 heavy (non-hydrogen) atoms. The summed E-state index contributed by atoms with van der Waals surface area (Å²) in [6.45, 7) is 5.65. The van der Waals surface area contributed by atoms with Gasteiger partial charge < -0.3 is 9.80 Å². The normalized spacial score (nSPS) is 11.1. The molecule has 0 saturated heterocycles. The van der Waals surface area contributed by atoms with Crippen molar-refractivity contribution in [2.24, 2.45) is 0 Å². The average molecular weight is 438 g/mol. The van der Waals surface area contributed by atoms with Crippen LogP contribution >= 0.6 is 11.8 Å². The van der Waals surface area contributed by atoms with Crippen molar-refractivity contribution in [2.45, 2.75) is 32.0 Å². The molecule has 0 radical (unpaired) electrons. The summed E-state index contributed by atoms with van der Waals surface area (Å²) in [5.74, 6) is 0.565. The molecule has 0 aliphatic rings. The Morgan fingerprint density at radius 3 is 2.68 bits per heavy atom. The highest BCUT2D eigenvalue weighted by atomic mass is 32.2. The third-order valence-corrected chi connectivity index (χ3v) is 5.68. The summed E-state index contributed by atoms with van der Waals surface area (Å²) in [5.41, 5.74) is 4.07. The topological polar surface area (TPSA) is 90.4 Å². The molecule has 1 aromatic carbocycles. The van der Waals surface area contributed by atoms with E-state index in [1.54, 1.807) is 10.6 Å². The molecule has 162 valence electrons. The monoisotopic (exact) mass is 437 g/mol. The van der Waals surface area contributed by atoms with E-state index < -0.39 is 0 Å². The fraction of sp³-hybridized carbons (Fsp3) is 0.409. The van der Waals surface area contributed by atoms with Gasteiger partial charge in [-0.2, -0.15) is 10.2 Å². The van der Waals surface area contributed by atoms with Crippen LogP contribution in [0.2, 0.25) is 0 Å². The number of nitrogens with zero attached hydrogens (tertiary/aromatic N) is 7. The van der Waals surface area contributed by atoms with Crippen LogP contribution in [0, 0.1) is 25.2 Å². The molecule has 0 bridgehead atoms. The van der Waals surface area contributed by atoms with Gasteiger partial charge in [0, 0.05) is 36.6 Å². The minimum absolute atomic E-state index is 0.0155. The zero-order valence-electron chi connectivity index (χ0n) is 18.6. The van der Waals surface area contributed by atoms with Gasteiger partial charge in [0.25, 0.3) is 5.78 Å². The number of likely N-dealkylation sites (N-methyl/N-ethyl adjacent to an activating group) is 1. The molecule has 0 spiro atoms. The maximum absolute atomic E-state index is 13.4. The number of hydrogen-bond donors (Lipinski definition) is 0. The van der Waals surface area contributed by atoms with Gasteiger partial charge in [0.1, 0.15) is 0 Å². The molecule has 0 atom stereocenters. The summed E-state index contributed by atoms with van der Waals surface area (Å²) in [6, 6.07) is 9.56. The van der Waals surface area contributed by atoms with E-state index in [0.717, 1.165) is 29.1 Å². The molecule has 2 heterocycles. The first-order valence-corrected chi connectivity index (χ1v) is 11.2. The van der Waals surface area contributed by atoms with Crippen LogP contribution in [-0.2, 0) is 17.8 Å². The number of fused-ring (bicyclic) bond motifs is 1. The van der Waals surface area contributed by atoms with E-state index in [1.807, 2.05) is 57.3 Å². The number of thioether (sulfide) groups is 1. The lowest BCUT2D eigenvalue weighted by Gasteiger charge is -2.25. The minimum atomic E-state index is 0.0155. The standard InChI is InChI=1S/C22H27N7OS/c1-15-19(16(2)29-21(24-15)25-22(26-29)31-5)12-20(30)28(10-9-27(3)4)14-18-8-6-7-17(11-18)13-23/h6-8,11H,9-10,12,14H2,1-5H3. The molecule has 9 heteroatoms. The fourth-order valence-electron chi connectivity index (χ4n) is 3.37. The summed E-state index contributed by atoms with van der Waals surface area (Å²) in [4.78, 5) is 26.2. The minimum Gasteiger partial charge on any atom is -0.337 e. The predicted octanol–water partition coefficient (Wildman–Crippen LogP) is 2.47. The highest BCUT2D eigenvalue weighted by Crippen LogP contribution is 2.18. The van der Waals surface area contributed by atoms with Crippen LogP contribution in [0.15, 0.2) is 29.4 Å². The number of hydrogen-bond acceptors (Lipinski definition) is 7. The molecule has 0 aliphatic heterocycles. The highest BCUT2D eigenvalue weighted by molar-refractivity contribution is 7.98. The highest BCUT2D eigenvalue weighted by Gasteiger charge is 2.20. The maximum Gasteiger partial charge on any atom is 0.253 e. The predicted molar refractivity (Wildman–Crippen MR) is 121 cm³/mol. The summed E-state index contributed by atoms with van der Waals surface area (Å²) in [6.07, 6.45) is 2.16. The van der Waals surface area contributed by atoms with Crippen molar-refractivity contribution in [3.63, 3.8) is 0 Å². The molecule has 0 N–H and O–H groups in total. The fourth-order valence-corrected chi connectivity index (χ4v) is 3.70. The second kappa shape index (κ2) is 9.90. The summed E-state index contributed by atoms with van der Waals surface area (Å²) >= 11 is 1.46. The Labute approximate surface area is 186 Å². The van der Waals surface area contributed by atoms with Crippen LogP contribution in [-0.4, -0.2) is 68.7 Å². The van der Waals surface area contributed by atoms with Crippen LogP contribution in [0.25, 0.3) is 5.78 Å². The van der Waals surface area contributed by atoms with Gasteiger partial charge in [-0.15, -0.1) is 5.10 Å². The van der Waals surface area contributed by atoms with Crippen molar-refractivity contribution in [3.05, 3.63) is 52.3 Å². The van der Waals surface area contributed by atoms with E-state index in [0.29, 0.717) is 29.6 Å². The van der Waals surface area contributed by atoms with Crippen molar-refractivity contribution in [1.29, 1.82) is 5.26 Å². The molecule has 1 amide bonds. The Hall–Kier alpha value is -2.96. The second-order valence-electron chi connectivity index (χ2n) is 7.68. The molecular weight excluding hydrogens is 410 g/mol. The Morgan fingerprint density at radius 2 is 2.00 bits per heavy atom. The zero-order valence-corrected chi connectivity index (χ0v) is 19.4. The lowest BCUT2D eigenvalue weighted by Crippen LogP contribution is -2.37. The van der Waals surface area contributed by atoms with Crippen LogP contribution in [0.5, 0.6) is 0 Å². The molecule has 0 saturated carbocycles. The van der Waals surface area contributed by atoms with Gasteiger partial charge >= 0.3 is 0 Å². The SMILES string of the molecule is CSc1nc2nc(C)c(CC(=O)N(CCN(C)C)Cc3cccc(C#N)c3)c(C)n2n1. The summed E-state index contributed by atoms with van der Waals surface area (Å²) in [5, 5.41) is 14.3. The van der Waals surface area contributed by atoms with Crippen molar-refractivity contribution >= 4 is 23.4 Å². The molecule has 0 fully saturated rings. The Bertz CT molecular complexity index is 1130. The Balaban J connectivity index is 1.88. The van der Waals surface area contributed by atoms with E-state index >= 15 is 0 Å². The summed E-state index contributed by atoms with van der Waals surface area (Å²) < 4.78 is 1.71. The van der Waals surface area contributed by atoms with Gasteiger partial charge in [0.05, 0.1) is 18.1 Å². The molecular formula is C22H27N7OS. The van der Waals surface area contributed by atoms with Crippen LogP contribution in [0.1, 0.15) is 28.1 Å². The van der Waals surface area contributed by atoms with Crippen LogP contribution in [0.3, 0.4) is 0 Å². The molecule has 0 unspecified atom stereocenters. The van der Waals surface area contributed by atoms with Gasteiger partial charge in [-0.3, -0.25) is 4.79 Å². The van der Waals surface area contributed by atoms with Gasteiger partial charge in [0.2, 0.25) is 11.1 Å². The maximum atomic E-state index is 13.4. The quantitative estimate of drug-likeness (QED) is 0.500. The molecule has 3 aromatic rings. The third kappa shape index (κ3) is 5.40. The number of nitriles is 1. The number of carbonyl (C=O) groups excluding carboxylic acids is 1. The van der Waals surface area contributed by atoms with Gasteiger partial charge in [-0.1, -0.05) is 23.9 Å². The first-order chi connectivity index (χ1) is 14.8. The van der Waals surface area contributed by atoms with E-state index in [9.17, 15) is 10.1 Å². The van der Waals surface area contributed by atoms with Gasteiger partial charge in [0.15, 0.2) is 0 Å². The van der Waals surface area contributed by atoms with E-state index in [2.05, 4.69) is 26.0 Å². The van der Waals surface area contributed by atoms with E-state index in [-0.39, 0.29) is 12.3 Å². The van der Waals surface area contributed by atoms with Crippen LogP contribution in [0.4, 0.5) is 0 Å². The largest absolute Gasteiger partial charge is 0.337 e. The first-order valence-electron chi connectivity index (χ1n) is 10.0. The van der Waals surface area contributed by atoms with Gasteiger partial charge in [-0.05, 0) is 51.9 Å². The third-order valence-electron chi connectivity index (χ3n) is 5.14.